The van der Waals surface area contributed by atoms with E-state index in [1.165, 1.54) is 0 Å². The van der Waals surface area contributed by atoms with Gasteiger partial charge in [-0.25, -0.2) is 0 Å². The van der Waals surface area contributed by atoms with E-state index in [1.54, 1.807) is 0 Å². The van der Waals surface area contributed by atoms with Crippen molar-refractivity contribution in [3.05, 3.63) is 48.5 Å². The topological polar surface area (TPSA) is 43.4 Å². The lowest BCUT2D eigenvalue weighted by Gasteiger charge is -2.48. The van der Waals surface area contributed by atoms with Crippen molar-refractivity contribution in [1.82, 2.24) is 0 Å². The fraction of sp³-hybridized carbons (Fsp3) is 0.429. The minimum absolute atomic E-state index is 0.0173. The van der Waals surface area contributed by atoms with Gasteiger partial charge in [0.2, 0.25) is 0 Å². The van der Waals surface area contributed by atoms with Crippen molar-refractivity contribution in [3.63, 3.8) is 0 Å². The summed E-state index contributed by atoms with van der Waals surface area (Å²) in [5, 5.41) is -7.69. The van der Waals surface area contributed by atoms with Crippen LogP contribution in [0, 0.1) is 0 Å². The molecule has 0 spiro atoms. The smallest absolute Gasteiger partial charge is 0.198 e. The van der Waals surface area contributed by atoms with Gasteiger partial charge in [0.1, 0.15) is 0 Å². The van der Waals surface area contributed by atoms with Crippen molar-refractivity contribution < 1.29 is 99.9 Å². The molecule has 0 fully saturated rings. The zero-order valence-electron chi connectivity index (χ0n) is 20.7. The van der Waals surface area contributed by atoms with E-state index in [0.717, 1.165) is 12.1 Å². The first-order valence-corrected chi connectivity index (χ1v) is 13.9. The van der Waals surface area contributed by atoms with Crippen molar-refractivity contribution in [1.29, 1.82) is 0 Å². The van der Waals surface area contributed by atoms with Gasteiger partial charge in [-0.3, -0.25) is 0 Å². The van der Waals surface area contributed by atoms with Crippen molar-refractivity contribution >= 4 is 20.4 Å². The van der Waals surface area contributed by atoms with Gasteiger partial charge in [0.15, 0.2) is 0 Å². The summed E-state index contributed by atoms with van der Waals surface area (Å²) in [4.78, 5) is -3.82. The van der Waals surface area contributed by atoms with Crippen LogP contribution in [0.25, 0.3) is 11.1 Å². The Morgan fingerprint density at radius 1 is 0.457 bits per heavy atom. The zero-order valence-corrected chi connectivity index (χ0v) is 22.4. The lowest BCUT2D eigenvalue weighted by Crippen LogP contribution is -2.74. The zero-order chi connectivity index (χ0) is 36.2. The number of hydrogen-bond donors (Lipinski definition) is 0. The van der Waals surface area contributed by atoms with Gasteiger partial charge in [-0.2, -0.15) is 99.9 Å². The SMILES string of the molecule is O=S(=O)(OS1(C(F)(F)C(F)(F)C(F)(F)C(F)(F)C(F)(F)C(F)(F)C(F)(F)C(F)(F)F)c2ccccc2-c2ccccc21)C(F)(F)F. The fourth-order valence-electron chi connectivity index (χ4n) is 3.89. The molecule has 0 atom stereocenters. The monoisotopic (exact) mass is 752 g/mol. The predicted octanol–water partition coefficient (Wildman–Crippen LogP) is 9.64. The quantitative estimate of drug-likeness (QED) is 0.189. The van der Waals surface area contributed by atoms with Gasteiger partial charge in [-0.05, 0) is 23.3 Å². The molecule has 0 aliphatic carbocycles. The van der Waals surface area contributed by atoms with Crippen LogP contribution in [-0.4, -0.2) is 60.9 Å². The summed E-state index contributed by atoms with van der Waals surface area (Å²) in [6, 6.07) is 3.53. The third-order valence-corrected chi connectivity index (χ3v) is 11.2. The summed E-state index contributed by atoms with van der Waals surface area (Å²) in [6.45, 7) is 0. The number of alkyl halides is 20. The van der Waals surface area contributed by atoms with E-state index in [4.69, 9.17) is 0 Å². The summed E-state index contributed by atoms with van der Waals surface area (Å²) in [7, 11) is -14.7. The van der Waals surface area contributed by atoms with E-state index < -0.39 is 93.8 Å². The molecular formula is C21H8F20O3S2. The summed E-state index contributed by atoms with van der Waals surface area (Å²) in [6.07, 6.45) is -8.00. The molecule has 0 N–H and O–H groups in total. The molecule has 0 aromatic heterocycles. The first-order chi connectivity index (χ1) is 20.2. The lowest BCUT2D eigenvalue weighted by molar-refractivity contribution is -0.458. The maximum atomic E-state index is 15.9. The van der Waals surface area contributed by atoms with E-state index in [9.17, 15) is 78.7 Å². The van der Waals surface area contributed by atoms with Crippen LogP contribution in [0.15, 0.2) is 58.3 Å². The molecule has 0 unspecified atom stereocenters. The maximum absolute atomic E-state index is 15.9. The minimum Gasteiger partial charge on any atom is -0.198 e. The first kappa shape index (κ1) is 37.8. The largest absolute Gasteiger partial charge is 0.523 e. The molecule has 25 heteroatoms. The van der Waals surface area contributed by atoms with Gasteiger partial charge >= 0.3 is 62.6 Å². The molecule has 0 radical (unpaired) electrons. The highest BCUT2D eigenvalue weighted by atomic mass is 32.3. The Morgan fingerprint density at radius 3 is 1.09 bits per heavy atom. The van der Waals surface area contributed by atoms with Crippen LogP contribution in [0.3, 0.4) is 0 Å². The summed E-state index contributed by atoms with van der Waals surface area (Å²) >= 11 is 0. The molecule has 1 aliphatic rings. The summed E-state index contributed by atoms with van der Waals surface area (Å²) in [5.74, 6) is -52.8. The maximum Gasteiger partial charge on any atom is 0.523 e. The number of benzene rings is 2. The Morgan fingerprint density at radius 2 is 0.761 bits per heavy atom. The number of rotatable bonds is 9. The minimum atomic E-state index is -9.06. The highest BCUT2D eigenvalue weighted by molar-refractivity contribution is 8.34. The number of hydrogen-bond acceptors (Lipinski definition) is 3. The molecule has 0 bridgehead atoms. The Hall–Kier alpha value is -2.70. The predicted molar refractivity (Wildman–Crippen MR) is 113 cm³/mol. The lowest BCUT2D eigenvalue weighted by atomic mass is 9.91. The van der Waals surface area contributed by atoms with E-state index >= 15 is 17.6 Å². The number of halogens is 20. The molecule has 0 amide bonds. The van der Waals surface area contributed by atoms with Gasteiger partial charge in [-0.15, -0.1) is 0 Å². The second kappa shape index (κ2) is 10.2. The summed E-state index contributed by atoms with van der Waals surface area (Å²) < 4.78 is 306. The second-order valence-corrected chi connectivity index (χ2v) is 13.4. The van der Waals surface area contributed by atoms with Crippen molar-refractivity contribution in [2.75, 3.05) is 0 Å². The van der Waals surface area contributed by atoms with Gasteiger partial charge in [-0.1, -0.05) is 36.4 Å². The van der Waals surface area contributed by atoms with Crippen LogP contribution in [0.2, 0.25) is 0 Å². The molecular weight excluding hydrogens is 744 g/mol. The Balaban J connectivity index is 2.44. The second-order valence-electron chi connectivity index (χ2n) is 8.98. The summed E-state index contributed by atoms with van der Waals surface area (Å²) in [5.41, 5.74) is -8.97. The Bertz CT molecular complexity index is 1570. The van der Waals surface area contributed by atoms with Crippen molar-refractivity contribution in [3.8, 4) is 11.1 Å². The van der Waals surface area contributed by atoms with Crippen molar-refractivity contribution in [2.45, 2.75) is 62.3 Å². The molecule has 1 heterocycles. The van der Waals surface area contributed by atoms with Gasteiger partial charge < -0.3 is 0 Å². The molecule has 46 heavy (non-hydrogen) atoms. The van der Waals surface area contributed by atoms with Gasteiger partial charge in [0.05, 0.1) is 0 Å². The van der Waals surface area contributed by atoms with Crippen LogP contribution in [0.4, 0.5) is 87.8 Å². The Kier molecular flexibility index (Phi) is 8.33. The molecule has 1 aliphatic heterocycles. The molecule has 262 valence electrons. The first-order valence-electron chi connectivity index (χ1n) is 10.9. The average Bonchev–Trinajstić information content (AvgIpc) is 3.17. The molecule has 2 aromatic carbocycles. The van der Waals surface area contributed by atoms with Crippen LogP contribution >= 0.6 is 10.3 Å². The van der Waals surface area contributed by atoms with E-state index in [0.29, 0.717) is 24.3 Å². The highest BCUT2D eigenvalue weighted by Gasteiger charge is 2.96. The highest BCUT2D eigenvalue weighted by Crippen LogP contribution is 2.84. The standard InChI is InChI=1S/C21H8F20O3S2/c22-13(23,15(26,27)17(30,31)19(34,35)36)14(24,25)16(28,29)18(32,33)20(37,38)45(44-46(42,43)21(39,40)41)11-7-3-1-5-9(11)10-6-2-4-8-12(10)45/h1-8H. The van der Waals surface area contributed by atoms with E-state index in [-0.39, 0.29) is 12.1 Å². The normalized spacial score (nSPS) is 17.8. The van der Waals surface area contributed by atoms with Gasteiger partial charge in [0.25, 0.3) is 0 Å². The molecule has 3 nitrogen and oxygen atoms in total. The van der Waals surface area contributed by atoms with Crippen LogP contribution < -0.4 is 0 Å². The number of fused-ring (bicyclic) bond motifs is 3. The van der Waals surface area contributed by atoms with Crippen LogP contribution in [0.5, 0.6) is 0 Å². The van der Waals surface area contributed by atoms with Crippen LogP contribution in [-0.2, 0) is 13.7 Å². The third kappa shape index (κ3) is 4.48. The Labute approximate surface area is 242 Å². The van der Waals surface area contributed by atoms with E-state index in [2.05, 4.69) is 3.63 Å². The fourth-order valence-corrected chi connectivity index (χ4v) is 9.00. The molecule has 0 saturated carbocycles. The molecule has 0 saturated heterocycles. The van der Waals surface area contributed by atoms with Crippen LogP contribution in [0.1, 0.15) is 0 Å². The molecule has 2 aromatic rings. The van der Waals surface area contributed by atoms with E-state index in [1.807, 2.05) is 0 Å². The molecule has 3 rings (SSSR count). The van der Waals surface area contributed by atoms with Gasteiger partial charge in [0, 0.05) is 20.1 Å². The average molecular weight is 752 g/mol. The van der Waals surface area contributed by atoms with Crippen molar-refractivity contribution in [2.24, 2.45) is 0 Å². The third-order valence-electron chi connectivity index (χ3n) is 6.21.